The highest BCUT2D eigenvalue weighted by molar-refractivity contribution is 5.98. The fourth-order valence-corrected chi connectivity index (χ4v) is 1.97. The number of hydrogen-bond acceptors (Lipinski definition) is 3. The highest BCUT2D eigenvalue weighted by Crippen LogP contribution is 2.25. The highest BCUT2D eigenvalue weighted by Gasteiger charge is 2.17. The Kier molecular flexibility index (Phi) is 3.37. The molecule has 0 aliphatic carbocycles. The van der Waals surface area contributed by atoms with E-state index in [0.29, 0.717) is 11.5 Å². The average molecular weight is 241 g/mol. The number of hydrogen-bond donors (Lipinski definition) is 1. The number of amides is 1. The van der Waals surface area contributed by atoms with E-state index in [2.05, 4.69) is 9.97 Å². The third-order valence-corrected chi connectivity index (χ3v) is 2.73. The highest BCUT2D eigenvalue weighted by atomic mass is 16.1. The van der Waals surface area contributed by atoms with Crippen LogP contribution in [0.15, 0.2) is 30.3 Å². The minimum Gasteiger partial charge on any atom is -0.364 e. The van der Waals surface area contributed by atoms with Crippen LogP contribution in [0.3, 0.4) is 0 Å². The van der Waals surface area contributed by atoms with Crippen molar-refractivity contribution in [2.24, 2.45) is 5.73 Å². The van der Waals surface area contributed by atoms with Crippen molar-refractivity contribution >= 4 is 5.91 Å². The van der Waals surface area contributed by atoms with Crippen LogP contribution in [0.2, 0.25) is 0 Å². The number of carbonyl (C=O) groups is 1. The van der Waals surface area contributed by atoms with Crippen LogP contribution < -0.4 is 5.73 Å². The number of primary amides is 1. The third kappa shape index (κ3) is 2.22. The second kappa shape index (κ2) is 4.96. The van der Waals surface area contributed by atoms with Gasteiger partial charge in [0.2, 0.25) is 0 Å². The normalized spacial score (nSPS) is 10.3. The number of nitrogens with zero attached hydrogens (tertiary/aromatic N) is 2. The molecule has 0 aliphatic rings. The minimum absolute atomic E-state index is 0.297. The molecule has 0 aliphatic heterocycles. The van der Waals surface area contributed by atoms with E-state index in [9.17, 15) is 4.79 Å². The van der Waals surface area contributed by atoms with Crippen LogP contribution in [0.5, 0.6) is 0 Å². The summed E-state index contributed by atoms with van der Waals surface area (Å²) in [5, 5.41) is 0. The van der Waals surface area contributed by atoms with Crippen molar-refractivity contribution in [2.75, 3.05) is 0 Å². The molecule has 0 atom stereocenters. The summed E-state index contributed by atoms with van der Waals surface area (Å²) in [4.78, 5) is 20.1. The fourth-order valence-electron chi connectivity index (χ4n) is 1.97. The van der Waals surface area contributed by atoms with E-state index in [1.54, 1.807) is 6.92 Å². The molecule has 2 rings (SSSR count). The third-order valence-electron chi connectivity index (χ3n) is 2.73. The Balaban J connectivity index is 2.74. The van der Waals surface area contributed by atoms with Crippen molar-refractivity contribution < 1.29 is 4.79 Å². The first-order chi connectivity index (χ1) is 8.63. The first-order valence-corrected chi connectivity index (χ1v) is 5.86. The molecule has 0 fully saturated rings. The summed E-state index contributed by atoms with van der Waals surface area (Å²) in [6.07, 6.45) is 0.730. The molecule has 2 N–H and O–H groups in total. The van der Waals surface area contributed by atoms with Gasteiger partial charge in [-0.2, -0.15) is 0 Å². The maximum Gasteiger partial charge on any atom is 0.268 e. The molecule has 4 nitrogen and oxygen atoms in total. The van der Waals surface area contributed by atoms with E-state index in [1.807, 2.05) is 37.3 Å². The molecule has 0 saturated carbocycles. The lowest BCUT2D eigenvalue weighted by Crippen LogP contribution is -2.17. The van der Waals surface area contributed by atoms with E-state index in [0.717, 1.165) is 23.2 Å². The summed E-state index contributed by atoms with van der Waals surface area (Å²) >= 11 is 0. The van der Waals surface area contributed by atoms with Gasteiger partial charge in [-0.3, -0.25) is 4.79 Å². The molecule has 4 heteroatoms. The predicted molar refractivity (Wildman–Crippen MR) is 70.1 cm³/mol. The monoisotopic (exact) mass is 241 g/mol. The van der Waals surface area contributed by atoms with Gasteiger partial charge >= 0.3 is 0 Å². The van der Waals surface area contributed by atoms with Gasteiger partial charge in [0.1, 0.15) is 11.5 Å². The van der Waals surface area contributed by atoms with Crippen molar-refractivity contribution in [1.82, 2.24) is 9.97 Å². The van der Waals surface area contributed by atoms with Gasteiger partial charge in [-0.05, 0) is 18.9 Å². The maximum atomic E-state index is 11.5. The first-order valence-electron chi connectivity index (χ1n) is 5.86. The standard InChI is InChI=1S/C14H15N3O/c1-3-11-12(10-7-5-4-6-8-10)13(14(15)18)17-9(2)16-11/h4-8H,3H2,1-2H3,(H2,15,18). The number of benzene rings is 1. The molecule has 1 heterocycles. The van der Waals surface area contributed by atoms with Gasteiger partial charge < -0.3 is 5.73 Å². The molecule has 18 heavy (non-hydrogen) atoms. The van der Waals surface area contributed by atoms with E-state index < -0.39 is 5.91 Å². The summed E-state index contributed by atoms with van der Waals surface area (Å²) in [7, 11) is 0. The molecular formula is C14H15N3O. The zero-order valence-corrected chi connectivity index (χ0v) is 10.5. The first kappa shape index (κ1) is 12.2. The van der Waals surface area contributed by atoms with Crippen LogP contribution >= 0.6 is 0 Å². The fraction of sp³-hybridized carbons (Fsp3) is 0.214. The molecule has 1 amide bonds. The van der Waals surface area contributed by atoms with Gasteiger partial charge in [-0.15, -0.1) is 0 Å². The molecule has 1 aromatic heterocycles. The predicted octanol–water partition coefficient (Wildman–Crippen LogP) is 2.11. The number of aryl methyl sites for hydroxylation is 2. The Hall–Kier alpha value is -2.23. The molecule has 0 unspecified atom stereocenters. The van der Waals surface area contributed by atoms with E-state index in [-0.39, 0.29) is 0 Å². The molecule has 0 bridgehead atoms. The van der Waals surface area contributed by atoms with Gasteiger partial charge in [-0.25, -0.2) is 9.97 Å². The summed E-state index contributed by atoms with van der Waals surface area (Å²) in [5.74, 6) is 0.0504. The Morgan fingerprint density at radius 3 is 2.44 bits per heavy atom. The Bertz CT molecular complexity index is 579. The van der Waals surface area contributed by atoms with E-state index in [1.165, 1.54) is 0 Å². The lowest BCUT2D eigenvalue weighted by Gasteiger charge is -2.11. The summed E-state index contributed by atoms with van der Waals surface area (Å²) < 4.78 is 0. The number of aromatic nitrogens is 2. The van der Waals surface area contributed by atoms with Gasteiger partial charge in [0.15, 0.2) is 0 Å². The van der Waals surface area contributed by atoms with Crippen LogP contribution in [0.4, 0.5) is 0 Å². The Morgan fingerprint density at radius 1 is 1.22 bits per heavy atom. The van der Waals surface area contributed by atoms with E-state index >= 15 is 0 Å². The summed E-state index contributed by atoms with van der Waals surface area (Å²) in [6.45, 7) is 3.76. The van der Waals surface area contributed by atoms with Crippen LogP contribution in [0, 0.1) is 6.92 Å². The van der Waals surface area contributed by atoms with Gasteiger partial charge in [-0.1, -0.05) is 37.3 Å². The lowest BCUT2D eigenvalue weighted by atomic mass is 10.00. The van der Waals surface area contributed by atoms with Crippen molar-refractivity contribution in [2.45, 2.75) is 20.3 Å². The second-order valence-electron chi connectivity index (χ2n) is 4.02. The Morgan fingerprint density at radius 2 is 1.89 bits per heavy atom. The minimum atomic E-state index is -0.519. The SMILES string of the molecule is CCc1nc(C)nc(C(N)=O)c1-c1ccccc1. The largest absolute Gasteiger partial charge is 0.364 e. The van der Waals surface area contributed by atoms with Crippen molar-refractivity contribution in [3.8, 4) is 11.1 Å². The van der Waals surface area contributed by atoms with E-state index in [4.69, 9.17) is 5.73 Å². The molecule has 2 aromatic rings. The quantitative estimate of drug-likeness (QED) is 0.894. The number of carbonyl (C=O) groups excluding carboxylic acids is 1. The second-order valence-corrected chi connectivity index (χ2v) is 4.02. The summed E-state index contributed by atoms with van der Waals surface area (Å²) in [5.41, 5.74) is 8.23. The van der Waals surface area contributed by atoms with Gasteiger partial charge in [0.05, 0.1) is 5.69 Å². The van der Waals surface area contributed by atoms with Gasteiger partial charge in [0.25, 0.3) is 5.91 Å². The van der Waals surface area contributed by atoms with Crippen molar-refractivity contribution in [3.05, 3.63) is 47.5 Å². The number of rotatable bonds is 3. The van der Waals surface area contributed by atoms with Crippen LogP contribution in [-0.2, 0) is 6.42 Å². The zero-order valence-electron chi connectivity index (χ0n) is 10.5. The van der Waals surface area contributed by atoms with Crippen LogP contribution in [0.1, 0.15) is 28.9 Å². The zero-order chi connectivity index (χ0) is 13.1. The van der Waals surface area contributed by atoms with Crippen LogP contribution in [-0.4, -0.2) is 15.9 Å². The molecule has 0 saturated heterocycles. The van der Waals surface area contributed by atoms with Crippen LogP contribution in [0.25, 0.3) is 11.1 Å². The molecular weight excluding hydrogens is 226 g/mol. The van der Waals surface area contributed by atoms with Crippen molar-refractivity contribution in [1.29, 1.82) is 0 Å². The maximum absolute atomic E-state index is 11.5. The molecule has 1 aromatic carbocycles. The topological polar surface area (TPSA) is 68.9 Å². The molecule has 92 valence electrons. The number of nitrogens with two attached hydrogens (primary N) is 1. The average Bonchev–Trinajstić information content (AvgIpc) is 2.38. The van der Waals surface area contributed by atoms with Gasteiger partial charge in [0, 0.05) is 5.56 Å². The van der Waals surface area contributed by atoms with Crippen molar-refractivity contribution in [3.63, 3.8) is 0 Å². The summed E-state index contributed by atoms with van der Waals surface area (Å²) in [6, 6.07) is 9.62. The molecule has 0 radical (unpaired) electrons. The smallest absolute Gasteiger partial charge is 0.268 e. The lowest BCUT2D eigenvalue weighted by molar-refractivity contribution is 0.0995. The Labute approximate surface area is 106 Å². The molecule has 0 spiro atoms.